The van der Waals surface area contributed by atoms with Crippen molar-refractivity contribution in [2.45, 2.75) is 49.6 Å². The molecule has 0 bridgehead atoms. The first-order valence-corrected chi connectivity index (χ1v) is 13.4. The molecule has 0 unspecified atom stereocenters. The van der Waals surface area contributed by atoms with Gasteiger partial charge in [-0.1, -0.05) is 37.3 Å². The number of anilines is 1. The van der Waals surface area contributed by atoms with Gasteiger partial charge >= 0.3 is 12.3 Å². The Morgan fingerprint density at radius 3 is 2.24 bits per heavy atom. The van der Waals surface area contributed by atoms with Gasteiger partial charge in [0.25, 0.3) is 0 Å². The summed E-state index contributed by atoms with van der Waals surface area (Å²) in [6.07, 6.45) is -0.667. The molecule has 1 saturated heterocycles. The van der Waals surface area contributed by atoms with E-state index in [1.54, 1.807) is 36.4 Å². The molecule has 0 spiro atoms. The Kier molecular flexibility index (Phi) is 9.18. The number of rotatable bonds is 6. The summed E-state index contributed by atoms with van der Waals surface area (Å²) in [6, 6.07) is 13.6. The number of aryl methyl sites for hydroxylation is 1. The van der Waals surface area contributed by atoms with Crippen molar-refractivity contribution in [3.8, 4) is 11.3 Å². The summed E-state index contributed by atoms with van der Waals surface area (Å²) in [5.41, 5.74) is -0.0512. The predicted molar refractivity (Wildman–Crippen MR) is 130 cm³/mol. The standard InChI is InChI=1S/C25H26F3N3O2S.CO2/c1-2-18-9-4-5-10-20(18)24-21(25(26,27)28)14-13-19(29-24)17-34(32,33)23-12-8-11-22(30-23)31-15-6-3-7-16-31;2-1-3/h4-5,8-14H,2-3,6-7,15-17H2,1H3;. The summed E-state index contributed by atoms with van der Waals surface area (Å²) in [6.45, 7) is 3.48. The number of alkyl halides is 3. The number of carbonyl (C=O) groups excluding carboxylic acids is 2. The van der Waals surface area contributed by atoms with E-state index in [0.717, 1.165) is 44.5 Å². The third kappa shape index (κ3) is 7.02. The number of hydrogen-bond donors (Lipinski definition) is 0. The lowest BCUT2D eigenvalue weighted by molar-refractivity contribution is -0.191. The first-order chi connectivity index (χ1) is 17.6. The average Bonchev–Trinajstić information content (AvgIpc) is 2.89. The van der Waals surface area contributed by atoms with E-state index < -0.39 is 27.3 Å². The minimum Gasteiger partial charge on any atom is -0.357 e. The predicted octanol–water partition coefficient (Wildman–Crippen LogP) is 5.11. The van der Waals surface area contributed by atoms with Crippen LogP contribution in [0.5, 0.6) is 0 Å². The van der Waals surface area contributed by atoms with Gasteiger partial charge in [-0.25, -0.2) is 13.4 Å². The summed E-state index contributed by atoms with van der Waals surface area (Å²) >= 11 is 0. The molecule has 196 valence electrons. The highest BCUT2D eigenvalue weighted by molar-refractivity contribution is 7.90. The van der Waals surface area contributed by atoms with Crippen LogP contribution in [0.1, 0.15) is 43.0 Å². The zero-order valence-electron chi connectivity index (χ0n) is 20.2. The maximum absolute atomic E-state index is 13.8. The zero-order valence-corrected chi connectivity index (χ0v) is 21.0. The van der Waals surface area contributed by atoms with E-state index in [4.69, 9.17) is 9.59 Å². The van der Waals surface area contributed by atoms with Gasteiger partial charge in [0.15, 0.2) is 5.03 Å². The van der Waals surface area contributed by atoms with Crippen LogP contribution < -0.4 is 4.90 Å². The quantitative estimate of drug-likeness (QED) is 0.435. The monoisotopic (exact) mass is 533 g/mol. The molecule has 0 atom stereocenters. The molecule has 0 N–H and O–H groups in total. The van der Waals surface area contributed by atoms with E-state index in [2.05, 4.69) is 14.9 Å². The van der Waals surface area contributed by atoms with Gasteiger partial charge in [0.2, 0.25) is 9.84 Å². The Morgan fingerprint density at radius 1 is 0.919 bits per heavy atom. The van der Waals surface area contributed by atoms with Gasteiger partial charge in [0.1, 0.15) is 5.82 Å². The van der Waals surface area contributed by atoms with Crippen molar-refractivity contribution in [2.24, 2.45) is 0 Å². The average molecular weight is 534 g/mol. The molecule has 2 aromatic heterocycles. The maximum Gasteiger partial charge on any atom is 0.418 e. The SMILES string of the molecule is CCc1ccccc1-c1nc(CS(=O)(=O)c2cccc(N3CCCCC3)n2)ccc1C(F)(F)F.O=C=O. The van der Waals surface area contributed by atoms with Crippen molar-refractivity contribution in [3.05, 3.63) is 71.4 Å². The lowest BCUT2D eigenvalue weighted by atomic mass is 9.98. The number of aromatic nitrogens is 2. The van der Waals surface area contributed by atoms with Gasteiger partial charge in [-0.2, -0.15) is 22.8 Å². The molecule has 37 heavy (non-hydrogen) atoms. The molecule has 11 heteroatoms. The van der Waals surface area contributed by atoms with Gasteiger partial charge in [-0.3, -0.25) is 4.98 Å². The van der Waals surface area contributed by atoms with Crippen molar-refractivity contribution >= 4 is 21.8 Å². The summed E-state index contributed by atoms with van der Waals surface area (Å²) in [7, 11) is -3.92. The number of piperidine rings is 1. The van der Waals surface area contributed by atoms with Crippen molar-refractivity contribution in [1.82, 2.24) is 9.97 Å². The second-order valence-corrected chi connectivity index (χ2v) is 10.4. The molecule has 0 saturated carbocycles. The normalized spacial score (nSPS) is 13.9. The van der Waals surface area contributed by atoms with Crippen LogP contribution in [0.4, 0.5) is 19.0 Å². The van der Waals surface area contributed by atoms with E-state index in [0.29, 0.717) is 23.4 Å². The highest BCUT2D eigenvalue weighted by Crippen LogP contribution is 2.37. The van der Waals surface area contributed by atoms with Crippen LogP contribution in [-0.2, 0) is 37.8 Å². The Balaban J connectivity index is 0.00000121. The van der Waals surface area contributed by atoms with Crippen LogP contribution in [0.2, 0.25) is 0 Å². The molecule has 0 amide bonds. The van der Waals surface area contributed by atoms with Crippen molar-refractivity contribution in [2.75, 3.05) is 18.0 Å². The van der Waals surface area contributed by atoms with E-state index in [9.17, 15) is 21.6 Å². The van der Waals surface area contributed by atoms with Gasteiger partial charge in [-0.05, 0) is 55.5 Å². The number of sulfone groups is 1. The summed E-state index contributed by atoms with van der Waals surface area (Å²) in [4.78, 5) is 26.9. The van der Waals surface area contributed by atoms with Gasteiger partial charge in [-0.15, -0.1) is 0 Å². The number of pyridine rings is 2. The zero-order chi connectivity index (χ0) is 27.1. The molecule has 1 aliphatic heterocycles. The van der Waals surface area contributed by atoms with Crippen LogP contribution in [0.15, 0.2) is 59.6 Å². The Morgan fingerprint density at radius 2 is 1.59 bits per heavy atom. The fraction of sp³-hybridized carbons (Fsp3) is 0.346. The van der Waals surface area contributed by atoms with Crippen LogP contribution >= 0.6 is 0 Å². The topological polar surface area (TPSA) is 97.3 Å². The van der Waals surface area contributed by atoms with Gasteiger partial charge < -0.3 is 4.90 Å². The lowest BCUT2D eigenvalue weighted by Gasteiger charge is -2.27. The van der Waals surface area contributed by atoms with E-state index >= 15 is 0 Å². The Hall–Kier alpha value is -3.56. The molecule has 1 aliphatic rings. The summed E-state index contributed by atoms with van der Waals surface area (Å²) in [5.74, 6) is 0.0572. The largest absolute Gasteiger partial charge is 0.418 e. The van der Waals surface area contributed by atoms with E-state index in [-0.39, 0.29) is 22.6 Å². The number of benzene rings is 1. The molecule has 3 heterocycles. The van der Waals surface area contributed by atoms with E-state index in [1.807, 2.05) is 6.92 Å². The third-order valence-corrected chi connectivity index (χ3v) is 7.50. The van der Waals surface area contributed by atoms with E-state index in [1.165, 1.54) is 6.07 Å². The summed E-state index contributed by atoms with van der Waals surface area (Å²) in [5, 5.41) is -0.104. The molecule has 3 aromatic rings. The van der Waals surface area contributed by atoms with Crippen molar-refractivity contribution < 1.29 is 31.2 Å². The molecule has 7 nitrogen and oxygen atoms in total. The number of halogens is 3. The third-order valence-electron chi connectivity index (χ3n) is 5.96. The maximum atomic E-state index is 13.8. The number of nitrogens with zero attached hydrogens (tertiary/aromatic N) is 3. The fourth-order valence-electron chi connectivity index (χ4n) is 4.22. The van der Waals surface area contributed by atoms with Gasteiger partial charge in [0, 0.05) is 18.7 Å². The molecule has 0 aliphatic carbocycles. The lowest BCUT2D eigenvalue weighted by Crippen LogP contribution is -2.30. The second kappa shape index (κ2) is 12.1. The molecular weight excluding hydrogens is 507 g/mol. The van der Waals surface area contributed by atoms with Crippen molar-refractivity contribution in [1.29, 1.82) is 0 Å². The molecule has 4 rings (SSSR count). The molecule has 1 aromatic carbocycles. The minimum absolute atomic E-state index is 0.0408. The van der Waals surface area contributed by atoms with Gasteiger partial charge in [0.05, 0.1) is 22.7 Å². The molecular formula is C26H26F3N3O4S. The first-order valence-electron chi connectivity index (χ1n) is 11.7. The van der Waals surface area contributed by atoms with Crippen molar-refractivity contribution in [3.63, 3.8) is 0 Å². The fourth-order valence-corrected chi connectivity index (χ4v) is 5.44. The minimum atomic E-state index is -4.62. The number of hydrogen-bond acceptors (Lipinski definition) is 7. The second-order valence-electron chi connectivity index (χ2n) is 8.43. The molecule has 1 fully saturated rings. The highest BCUT2D eigenvalue weighted by atomic mass is 32.2. The Labute approximate surface area is 213 Å². The Bertz CT molecular complexity index is 1370. The summed E-state index contributed by atoms with van der Waals surface area (Å²) < 4.78 is 67.5. The smallest absolute Gasteiger partial charge is 0.357 e. The first kappa shape index (κ1) is 28.0. The van der Waals surface area contributed by atoms with Crippen LogP contribution in [0, 0.1) is 0 Å². The van der Waals surface area contributed by atoms with Crippen LogP contribution in [0.25, 0.3) is 11.3 Å². The van der Waals surface area contributed by atoms with Crippen LogP contribution in [-0.4, -0.2) is 37.6 Å². The highest BCUT2D eigenvalue weighted by Gasteiger charge is 2.35. The molecule has 0 radical (unpaired) electrons. The van der Waals surface area contributed by atoms with Crippen LogP contribution in [0.3, 0.4) is 0 Å².